The quantitative estimate of drug-likeness (QED) is 0.848. The molecule has 1 aliphatic heterocycles. The number of aromatic nitrogens is 2. The topological polar surface area (TPSA) is 78.6 Å². The summed E-state index contributed by atoms with van der Waals surface area (Å²) >= 11 is 0. The Morgan fingerprint density at radius 3 is 2.65 bits per heavy atom. The number of aliphatic hydroxyl groups excluding tert-OH is 1. The van der Waals surface area contributed by atoms with Crippen LogP contribution in [0.2, 0.25) is 0 Å². The molecule has 2 atom stereocenters. The Labute approximate surface area is 151 Å². The lowest BCUT2D eigenvalue weighted by Gasteiger charge is -2.43. The standard InChI is InChI=1S/C19H24FN3O3/c1-13-21-16(10-22(13)2)11-23-8-7-17(24)19(12-23,18(25)26)9-14-3-5-15(20)6-4-14/h3-6,10,17,24H,7-9,11-12H2,1-2H3,(H,25,26)/t17-,19-/m1/s1. The van der Waals surface area contributed by atoms with Crippen LogP contribution in [0.25, 0.3) is 0 Å². The van der Waals surface area contributed by atoms with Gasteiger partial charge in [-0.25, -0.2) is 9.37 Å². The van der Waals surface area contributed by atoms with Crippen molar-refractivity contribution in [1.82, 2.24) is 14.5 Å². The molecule has 7 heteroatoms. The first-order chi connectivity index (χ1) is 12.3. The summed E-state index contributed by atoms with van der Waals surface area (Å²) in [6, 6.07) is 5.78. The van der Waals surface area contributed by atoms with Crippen molar-refractivity contribution >= 4 is 5.97 Å². The molecule has 0 radical (unpaired) electrons. The molecule has 0 spiro atoms. The highest BCUT2D eigenvalue weighted by molar-refractivity contribution is 5.76. The lowest BCUT2D eigenvalue weighted by Crippen LogP contribution is -2.56. The van der Waals surface area contributed by atoms with Crippen molar-refractivity contribution in [3.63, 3.8) is 0 Å². The normalized spacial score (nSPS) is 23.9. The zero-order valence-corrected chi connectivity index (χ0v) is 15.0. The Balaban J connectivity index is 1.82. The minimum absolute atomic E-state index is 0.154. The number of hydrogen-bond donors (Lipinski definition) is 2. The van der Waals surface area contributed by atoms with Gasteiger partial charge in [0.05, 0.1) is 11.8 Å². The smallest absolute Gasteiger partial charge is 0.313 e. The predicted octanol–water partition coefficient (Wildman–Crippen LogP) is 1.75. The van der Waals surface area contributed by atoms with Crippen molar-refractivity contribution in [3.05, 3.63) is 53.4 Å². The van der Waals surface area contributed by atoms with Crippen molar-refractivity contribution in [2.45, 2.75) is 32.4 Å². The molecule has 26 heavy (non-hydrogen) atoms. The number of carbonyl (C=O) groups is 1. The molecule has 3 rings (SSSR count). The summed E-state index contributed by atoms with van der Waals surface area (Å²) in [4.78, 5) is 18.6. The summed E-state index contributed by atoms with van der Waals surface area (Å²) in [5.41, 5.74) is 0.255. The summed E-state index contributed by atoms with van der Waals surface area (Å²) in [6.07, 6.45) is 1.51. The van der Waals surface area contributed by atoms with Gasteiger partial charge in [0.1, 0.15) is 17.1 Å². The third-order valence-electron chi connectivity index (χ3n) is 5.27. The van der Waals surface area contributed by atoms with Gasteiger partial charge < -0.3 is 14.8 Å². The molecule has 1 aromatic carbocycles. The van der Waals surface area contributed by atoms with E-state index in [0.717, 1.165) is 11.5 Å². The van der Waals surface area contributed by atoms with Gasteiger partial charge in [-0.05, 0) is 37.5 Å². The molecule has 1 saturated heterocycles. The fraction of sp³-hybridized carbons (Fsp3) is 0.474. The zero-order valence-electron chi connectivity index (χ0n) is 15.0. The first-order valence-corrected chi connectivity index (χ1v) is 8.67. The maximum Gasteiger partial charge on any atom is 0.313 e. The molecule has 0 saturated carbocycles. The van der Waals surface area contributed by atoms with Gasteiger partial charge in [0.2, 0.25) is 0 Å². The van der Waals surface area contributed by atoms with Gasteiger partial charge in [0.15, 0.2) is 0 Å². The minimum Gasteiger partial charge on any atom is -0.481 e. The highest BCUT2D eigenvalue weighted by Crippen LogP contribution is 2.35. The van der Waals surface area contributed by atoms with E-state index in [-0.39, 0.29) is 18.8 Å². The van der Waals surface area contributed by atoms with Crippen molar-refractivity contribution < 1.29 is 19.4 Å². The second-order valence-electron chi connectivity index (χ2n) is 7.17. The van der Waals surface area contributed by atoms with Gasteiger partial charge in [0.25, 0.3) is 0 Å². The van der Waals surface area contributed by atoms with Gasteiger partial charge in [-0.1, -0.05) is 12.1 Å². The van der Waals surface area contributed by atoms with Gasteiger partial charge in [-0.15, -0.1) is 0 Å². The Morgan fingerprint density at radius 1 is 1.38 bits per heavy atom. The maximum absolute atomic E-state index is 13.2. The molecule has 140 valence electrons. The average Bonchev–Trinajstić information content (AvgIpc) is 2.90. The summed E-state index contributed by atoms with van der Waals surface area (Å²) in [6.45, 7) is 3.28. The summed E-state index contributed by atoms with van der Waals surface area (Å²) in [7, 11) is 1.92. The Morgan fingerprint density at radius 2 is 2.08 bits per heavy atom. The van der Waals surface area contributed by atoms with Crippen LogP contribution in [0.3, 0.4) is 0 Å². The van der Waals surface area contributed by atoms with E-state index in [1.807, 2.05) is 29.6 Å². The van der Waals surface area contributed by atoms with E-state index in [1.54, 1.807) is 12.1 Å². The number of aliphatic hydroxyl groups is 1. The van der Waals surface area contributed by atoms with E-state index in [4.69, 9.17) is 0 Å². The van der Waals surface area contributed by atoms with Crippen molar-refractivity contribution in [2.75, 3.05) is 13.1 Å². The highest BCUT2D eigenvalue weighted by Gasteiger charge is 2.49. The molecule has 0 unspecified atom stereocenters. The van der Waals surface area contributed by atoms with Crippen LogP contribution in [0, 0.1) is 18.2 Å². The third-order valence-corrected chi connectivity index (χ3v) is 5.27. The fourth-order valence-corrected chi connectivity index (χ4v) is 3.66. The first kappa shape index (κ1) is 18.5. The molecule has 0 aliphatic carbocycles. The molecule has 1 fully saturated rings. The SMILES string of the molecule is Cc1nc(CN2CC[C@@H](O)[C@](Cc3ccc(F)cc3)(C(=O)O)C2)cn1C. The molecule has 2 N–H and O–H groups in total. The monoisotopic (exact) mass is 361 g/mol. The number of rotatable bonds is 5. The minimum atomic E-state index is -1.32. The Kier molecular flexibility index (Phi) is 5.11. The lowest BCUT2D eigenvalue weighted by molar-refractivity contribution is -0.163. The van der Waals surface area contributed by atoms with Gasteiger partial charge in [-0.2, -0.15) is 0 Å². The molecule has 6 nitrogen and oxygen atoms in total. The second-order valence-corrected chi connectivity index (χ2v) is 7.17. The number of imidazole rings is 1. The number of hydrogen-bond acceptors (Lipinski definition) is 4. The third kappa shape index (κ3) is 3.64. The molecule has 2 aromatic rings. The van der Waals surface area contributed by atoms with Crippen LogP contribution in [0.15, 0.2) is 30.5 Å². The van der Waals surface area contributed by atoms with E-state index in [9.17, 15) is 19.4 Å². The van der Waals surface area contributed by atoms with Crippen LogP contribution >= 0.6 is 0 Å². The van der Waals surface area contributed by atoms with Crippen LogP contribution in [-0.4, -0.2) is 49.8 Å². The number of halogens is 1. The van der Waals surface area contributed by atoms with E-state index in [2.05, 4.69) is 4.98 Å². The van der Waals surface area contributed by atoms with Crippen LogP contribution in [0.4, 0.5) is 4.39 Å². The number of benzene rings is 1. The number of nitrogens with zero attached hydrogens (tertiary/aromatic N) is 3. The van der Waals surface area contributed by atoms with E-state index >= 15 is 0 Å². The zero-order chi connectivity index (χ0) is 18.9. The number of carboxylic acid groups (broad SMARTS) is 1. The van der Waals surface area contributed by atoms with Crippen LogP contribution < -0.4 is 0 Å². The van der Waals surface area contributed by atoms with E-state index in [1.165, 1.54) is 12.1 Å². The van der Waals surface area contributed by atoms with Gasteiger partial charge >= 0.3 is 5.97 Å². The largest absolute Gasteiger partial charge is 0.481 e. The molecule has 2 heterocycles. The number of aliphatic carboxylic acids is 1. The molecule has 0 amide bonds. The second kappa shape index (κ2) is 7.17. The van der Waals surface area contributed by atoms with Crippen LogP contribution in [-0.2, 0) is 24.8 Å². The van der Waals surface area contributed by atoms with E-state index < -0.39 is 17.5 Å². The van der Waals surface area contributed by atoms with E-state index in [0.29, 0.717) is 25.1 Å². The number of carboxylic acids is 1. The molecule has 1 aromatic heterocycles. The van der Waals surface area contributed by atoms with Crippen LogP contribution in [0.5, 0.6) is 0 Å². The molecular weight excluding hydrogens is 337 g/mol. The molecular formula is C19H24FN3O3. The highest BCUT2D eigenvalue weighted by atomic mass is 19.1. The van der Waals surface area contributed by atoms with Crippen molar-refractivity contribution in [3.8, 4) is 0 Å². The summed E-state index contributed by atoms with van der Waals surface area (Å²) in [5.74, 6) is -0.501. The predicted molar refractivity (Wildman–Crippen MR) is 94.0 cm³/mol. The first-order valence-electron chi connectivity index (χ1n) is 8.67. The van der Waals surface area contributed by atoms with Crippen LogP contribution in [0.1, 0.15) is 23.5 Å². The molecule has 1 aliphatic rings. The number of aryl methyl sites for hydroxylation is 2. The Hall–Kier alpha value is -2.25. The summed E-state index contributed by atoms with van der Waals surface area (Å²) < 4.78 is 15.1. The van der Waals surface area contributed by atoms with Crippen molar-refractivity contribution in [2.24, 2.45) is 12.5 Å². The van der Waals surface area contributed by atoms with Gasteiger partial charge in [-0.3, -0.25) is 9.69 Å². The number of piperidine rings is 1. The summed E-state index contributed by atoms with van der Waals surface area (Å²) in [5, 5.41) is 20.5. The van der Waals surface area contributed by atoms with Gasteiger partial charge in [0, 0.05) is 32.9 Å². The lowest BCUT2D eigenvalue weighted by atomic mass is 9.73. The maximum atomic E-state index is 13.2. The van der Waals surface area contributed by atoms with Crippen molar-refractivity contribution in [1.29, 1.82) is 0 Å². The average molecular weight is 361 g/mol. The number of likely N-dealkylation sites (tertiary alicyclic amines) is 1. The Bertz CT molecular complexity index is 770. The molecule has 0 bridgehead atoms. The fourth-order valence-electron chi connectivity index (χ4n) is 3.66.